The fourth-order valence-electron chi connectivity index (χ4n) is 3.11. The Bertz CT molecular complexity index is 660. The molecule has 1 saturated heterocycles. The van der Waals surface area contributed by atoms with E-state index in [-0.39, 0.29) is 11.9 Å². The molecule has 0 aliphatic carbocycles. The molecule has 2 aromatic heterocycles. The van der Waals surface area contributed by atoms with Crippen molar-refractivity contribution in [1.82, 2.24) is 24.9 Å². The van der Waals surface area contributed by atoms with Crippen LogP contribution in [0.3, 0.4) is 0 Å². The number of carbonyl (C=O) groups excluding carboxylic acids is 1. The molecular formula is C17H23N5O. The Hall–Kier alpha value is -2.37. The predicted octanol–water partition coefficient (Wildman–Crippen LogP) is 2.45. The molecular weight excluding hydrogens is 290 g/mol. The number of aromatic nitrogens is 4. The van der Waals surface area contributed by atoms with Gasteiger partial charge in [-0.2, -0.15) is 0 Å². The first-order valence-corrected chi connectivity index (χ1v) is 8.13. The van der Waals surface area contributed by atoms with E-state index in [1.165, 1.54) is 0 Å². The number of unbranched alkanes of at least 4 members (excludes halogenated alkanes) is 1. The topological polar surface area (TPSA) is 66.8 Å². The van der Waals surface area contributed by atoms with Crippen LogP contribution in [0.1, 0.15) is 42.0 Å². The number of aryl methyl sites for hydroxylation is 1. The highest BCUT2D eigenvalue weighted by molar-refractivity contribution is 5.92. The molecule has 0 unspecified atom stereocenters. The van der Waals surface area contributed by atoms with Gasteiger partial charge in [0.05, 0.1) is 11.7 Å². The van der Waals surface area contributed by atoms with Crippen molar-refractivity contribution < 1.29 is 4.79 Å². The number of H-pyrrole nitrogens is 1. The number of carbonyl (C=O) groups is 1. The zero-order valence-electron chi connectivity index (χ0n) is 13.5. The highest BCUT2D eigenvalue weighted by atomic mass is 16.2. The lowest BCUT2D eigenvalue weighted by Crippen LogP contribution is -2.29. The molecule has 0 radical (unpaired) electrons. The third kappa shape index (κ3) is 3.36. The molecule has 6 heteroatoms. The van der Waals surface area contributed by atoms with Crippen LogP contribution in [0.5, 0.6) is 0 Å². The molecule has 0 saturated carbocycles. The molecule has 122 valence electrons. The van der Waals surface area contributed by atoms with Crippen LogP contribution in [-0.2, 0) is 6.42 Å². The lowest BCUT2D eigenvalue weighted by atomic mass is 10.1. The number of aromatic amines is 1. The zero-order chi connectivity index (χ0) is 16.2. The van der Waals surface area contributed by atoms with Gasteiger partial charge in [-0.15, -0.1) is 11.7 Å². The van der Waals surface area contributed by atoms with Crippen molar-refractivity contribution in [1.29, 1.82) is 0 Å². The number of amides is 1. The van der Waals surface area contributed by atoms with Gasteiger partial charge in [0.25, 0.3) is 5.91 Å². The smallest absolute Gasteiger partial charge is 0.270 e. The van der Waals surface area contributed by atoms with E-state index in [0.717, 1.165) is 31.5 Å². The quantitative estimate of drug-likeness (QED) is 0.658. The molecule has 1 N–H and O–H groups in total. The second-order valence-corrected chi connectivity index (χ2v) is 6.21. The van der Waals surface area contributed by atoms with Crippen molar-refractivity contribution in [3.8, 4) is 0 Å². The van der Waals surface area contributed by atoms with Gasteiger partial charge in [0, 0.05) is 25.5 Å². The Kier molecular flexibility index (Phi) is 4.60. The minimum absolute atomic E-state index is 0.0515. The maximum atomic E-state index is 12.5. The summed E-state index contributed by atoms with van der Waals surface area (Å²) in [5.74, 6) is 0.410. The van der Waals surface area contributed by atoms with Gasteiger partial charge in [-0.05, 0) is 37.3 Å². The molecule has 0 aromatic carbocycles. The molecule has 0 spiro atoms. The van der Waals surface area contributed by atoms with Gasteiger partial charge in [-0.3, -0.25) is 4.79 Å². The van der Waals surface area contributed by atoms with Crippen LogP contribution in [-0.4, -0.2) is 43.9 Å². The van der Waals surface area contributed by atoms with Crippen LogP contribution in [0.25, 0.3) is 0 Å². The van der Waals surface area contributed by atoms with E-state index in [4.69, 9.17) is 0 Å². The van der Waals surface area contributed by atoms with E-state index >= 15 is 0 Å². The van der Waals surface area contributed by atoms with Gasteiger partial charge < -0.3 is 9.88 Å². The molecule has 2 aromatic rings. The van der Waals surface area contributed by atoms with Crippen LogP contribution in [0.4, 0.5) is 0 Å². The average molecular weight is 313 g/mol. The maximum Gasteiger partial charge on any atom is 0.270 e. The summed E-state index contributed by atoms with van der Waals surface area (Å²) in [5.41, 5.74) is 1.65. The SMILES string of the molecule is C=CCCCc1cn([C@H]2CN(C(=O)c3ccc[nH]3)C[C@H]2C)nn1. The summed E-state index contributed by atoms with van der Waals surface area (Å²) < 4.78 is 1.93. The van der Waals surface area contributed by atoms with E-state index in [1.54, 1.807) is 6.20 Å². The molecule has 1 fully saturated rings. The van der Waals surface area contributed by atoms with E-state index in [1.807, 2.05) is 34.0 Å². The van der Waals surface area contributed by atoms with Gasteiger partial charge in [-0.25, -0.2) is 4.68 Å². The lowest BCUT2D eigenvalue weighted by molar-refractivity contribution is 0.0779. The minimum Gasteiger partial charge on any atom is -0.357 e. The number of likely N-dealkylation sites (tertiary alicyclic amines) is 1. The summed E-state index contributed by atoms with van der Waals surface area (Å²) in [7, 11) is 0. The van der Waals surface area contributed by atoms with E-state index in [2.05, 4.69) is 28.8 Å². The predicted molar refractivity (Wildman–Crippen MR) is 88.1 cm³/mol. The number of hydrogen-bond acceptors (Lipinski definition) is 3. The van der Waals surface area contributed by atoms with Crippen LogP contribution in [0, 0.1) is 5.92 Å². The fourth-order valence-corrected chi connectivity index (χ4v) is 3.11. The maximum absolute atomic E-state index is 12.5. The molecule has 1 aliphatic rings. The van der Waals surface area contributed by atoms with Crippen molar-refractivity contribution in [3.63, 3.8) is 0 Å². The molecule has 2 atom stereocenters. The monoisotopic (exact) mass is 313 g/mol. The van der Waals surface area contributed by atoms with Gasteiger partial charge in [-0.1, -0.05) is 18.2 Å². The second kappa shape index (κ2) is 6.81. The fraction of sp³-hybridized carbons (Fsp3) is 0.471. The lowest BCUT2D eigenvalue weighted by Gasteiger charge is -2.15. The third-order valence-corrected chi connectivity index (χ3v) is 4.43. The first-order valence-electron chi connectivity index (χ1n) is 8.13. The number of allylic oxidation sites excluding steroid dienone is 1. The summed E-state index contributed by atoms with van der Waals surface area (Å²) >= 11 is 0. The number of nitrogens with zero attached hydrogens (tertiary/aromatic N) is 4. The standard InChI is InChI=1S/C17H23N5O/c1-3-4-5-7-14-11-22(20-19-14)16-12-21(10-13(16)2)17(23)15-8-6-9-18-15/h3,6,8-9,11,13,16,18H,1,4-5,7,10,12H2,2H3/t13-,16+/m1/s1. The van der Waals surface area contributed by atoms with Crippen LogP contribution in [0.15, 0.2) is 37.2 Å². The Balaban J connectivity index is 1.64. The molecule has 3 heterocycles. The number of rotatable bonds is 6. The minimum atomic E-state index is 0.0515. The largest absolute Gasteiger partial charge is 0.357 e. The summed E-state index contributed by atoms with van der Waals surface area (Å²) in [6.07, 6.45) is 8.67. The second-order valence-electron chi connectivity index (χ2n) is 6.21. The number of hydrogen-bond donors (Lipinski definition) is 1. The Morgan fingerprint density at radius 2 is 2.39 bits per heavy atom. The molecule has 1 aliphatic heterocycles. The summed E-state index contributed by atoms with van der Waals surface area (Å²) in [5, 5.41) is 8.53. The van der Waals surface area contributed by atoms with Crippen LogP contribution in [0.2, 0.25) is 0 Å². The van der Waals surface area contributed by atoms with Gasteiger partial charge in [0.2, 0.25) is 0 Å². The highest BCUT2D eigenvalue weighted by Crippen LogP contribution is 2.28. The Morgan fingerprint density at radius 1 is 1.52 bits per heavy atom. The highest BCUT2D eigenvalue weighted by Gasteiger charge is 2.34. The number of nitrogens with one attached hydrogen (secondary N) is 1. The average Bonchev–Trinajstić information content (AvgIpc) is 3.27. The molecule has 23 heavy (non-hydrogen) atoms. The van der Waals surface area contributed by atoms with Gasteiger partial charge in [0.15, 0.2) is 0 Å². The molecule has 1 amide bonds. The molecule has 0 bridgehead atoms. The van der Waals surface area contributed by atoms with Crippen LogP contribution < -0.4 is 0 Å². The molecule has 6 nitrogen and oxygen atoms in total. The van der Waals surface area contributed by atoms with Gasteiger partial charge >= 0.3 is 0 Å². The Morgan fingerprint density at radius 3 is 3.13 bits per heavy atom. The van der Waals surface area contributed by atoms with Crippen molar-refractivity contribution in [2.75, 3.05) is 13.1 Å². The summed E-state index contributed by atoms with van der Waals surface area (Å²) in [6, 6.07) is 3.85. The normalized spacial score (nSPS) is 20.8. The zero-order valence-corrected chi connectivity index (χ0v) is 13.5. The summed E-state index contributed by atoms with van der Waals surface area (Å²) in [4.78, 5) is 17.3. The van der Waals surface area contributed by atoms with E-state index < -0.39 is 0 Å². The summed E-state index contributed by atoms with van der Waals surface area (Å²) in [6.45, 7) is 7.31. The third-order valence-electron chi connectivity index (χ3n) is 4.43. The Labute approximate surface area is 136 Å². The van der Waals surface area contributed by atoms with Crippen molar-refractivity contribution in [3.05, 3.63) is 48.6 Å². The van der Waals surface area contributed by atoms with E-state index in [9.17, 15) is 4.79 Å². The van der Waals surface area contributed by atoms with Crippen molar-refractivity contribution in [2.45, 2.75) is 32.2 Å². The first kappa shape index (κ1) is 15.5. The van der Waals surface area contributed by atoms with Crippen molar-refractivity contribution in [2.24, 2.45) is 5.92 Å². The molecule has 3 rings (SSSR count). The first-order chi connectivity index (χ1) is 11.2. The van der Waals surface area contributed by atoms with E-state index in [0.29, 0.717) is 18.2 Å². The van der Waals surface area contributed by atoms with Crippen molar-refractivity contribution >= 4 is 5.91 Å². The van der Waals surface area contributed by atoms with Crippen LogP contribution >= 0.6 is 0 Å². The van der Waals surface area contributed by atoms with Gasteiger partial charge in [0.1, 0.15) is 5.69 Å².